The SMILES string of the molecule is Cc1cc(C(C)N[C@H](C)c2cccc(Cl)c2)c(C)s1. The van der Waals surface area contributed by atoms with Crippen LogP contribution in [-0.4, -0.2) is 0 Å². The summed E-state index contributed by atoms with van der Waals surface area (Å²) in [6, 6.07) is 11.0. The minimum atomic E-state index is 0.285. The van der Waals surface area contributed by atoms with Gasteiger partial charge < -0.3 is 5.32 Å². The molecule has 2 aromatic rings. The molecule has 3 heteroatoms. The first-order valence-electron chi connectivity index (χ1n) is 6.56. The Morgan fingerprint density at radius 3 is 2.42 bits per heavy atom. The first-order valence-corrected chi connectivity index (χ1v) is 7.75. The lowest BCUT2D eigenvalue weighted by Crippen LogP contribution is -2.22. The van der Waals surface area contributed by atoms with Gasteiger partial charge in [0.2, 0.25) is 0 Å². The molecule has 1 unspecified atom stereocenters. The van der Waals surface area contributed by atoms with Crippen molar-refractivity contribution in [2.75, 3.05) is 0 Å². The van der Waals surface area contributed by atoms with Gasteiger partial charge in [0.1, 0.15) is 0 Å². The van der Waals surface area contributed by atoms with Crippen LogP contribution < -0.4 is 5.32 Å². The summed E-state index contributed by atoms with van der Waals surface area (Å²) in [5.41, 5.74) is 2.63. The largest absolute Gasteiger partial charge is 0.304 e. The molecule has 0 saturated heterocycles. The van der Waals surface area contributed by atoms with Crippen LogP contribution in [0.4, 0.5) is 0 Å². The Morgan fingerprint density at radius 1 is 1.11 bits per heavy atom. The van der Waals surface area contributed by atoms with E-state index < -0.39 is 0 Å². The van der Waals surface area contributed by atoms with E-state index in [4.69, 9.17) is 11.6 Å². The maximum Gasteiger partial charge on any atom is 0.0409 e. The zero-order valence-electron chi connectivity index (χ0n) is 11.8. The van der Waals surface area contributed by atoms with Crippen molar-refractivity contribution in [3.63, 3.8) is 0 Å². The van der Waals surface area contributed by atoms with Crippen LogP contribution in [0.15, 0.2) is 30.3 Å². The van der Waals surface area contributed by atoms with Crippen LogP contribution in [0.3, 0.4) is 0 Å². The molecule has 0 aliphatic carbocycles. The predicted molar refractivity (Wildman–Crippen MR) is 85.2 cm³/mol. The lowest BCUT2D eigenvalue weighted by atomic mass is 10.0. The minimum absolute atomic E-state index is 0.285. The fourth-order valence-electron chi connectivity index (χ4n) is 2.42. The summed E-state index contributed by atoms with van der Waals surface area (Å²) in [4.78, 5) is 2.77. The smallest absolute Gasteiger partial charge is 0.0409 e. The van der Waals surface area contributed by atoms with E-state index in [1.54, 1.807) is 0 Å². The highest BCUT2D eigenvalue weighted by molar-refractivity contribution is 7.12. The van der Waals surface area contributed by atoms with Crippen molar-refractivity contribution in [2.24, 2.45) is 0 Å². The normalized spacial score (nSPS) is 14.4. The molecule has 0 saturated carbocycles. The number of hydrogen-bond acceptors (Lipinski definition) is 2. The summed E-state index contributed by atoms with van der Waals surface area (Å²) in [5, 5.41) is 4.43. The average molecular weight is 294 g/mol. The van der Waals surface area contributed by atoms with Crippen molar-refractivity contribution in [3.05, 3.63) is 56.2 Å². The highest BCUT2D eigenvalue weighted by atomic mass is 35.5. The van der Waals surface area contributed by atoms with Gasteiger partial charge in [-0.25, -0.2) is 0 Å². The molecule has 0 amide bonds. The number of rotatable bonds is 4. The number of benzene rings is 1. The number of thiophene rings is 1. The lowest BCUT2D eigenvalue weighted by molar-refractivity contribution is 0.494. The molecule has 0 fully saturated rings. The number of halogens is 1. The summed E-state index contributed by atoms with van der Waals surface area (Å²) >= 11 is 7.91. The van der Waals surface area contributed by atoms with Crippen LogP contribution in [0.25, 0.3) is 0 Å². The topological polar surface area (TPSA) is 12.0 Å². The third-order valence-corrected chi connectivity index (χ3v) is 4.61. The molecule has 1 aromatic carbocycles. The van der Waals surface area contributed by atoms with Gasteiger partial charge in [-0.2, -0.15) is 0 Å². The number of hydrogen-bond donors (Lipinski definition) is 1. The molecule has 0 aliphatic rings. The molecule has 1 heterocycles. The van der Waals surface area contributed by atoms with Crippen LogP contribution in [0, 0.1) is 13.8 Å². The zero-order chi connectivity index (χ0) is 14.0. The second kappa shape index (κ2) is 6.08. The maximum atomic E-state index is 6.04. The maximum absolute atomic E-state index is 6.04. The first kappa shape index (κ1) is 14.6. The standard InChI is InChI=1S/C16H20ClNS/c1-10-8-16(13(4)19-10)12(3)18-11(2)14-6-5-7-15(17)9-14/h5-9,11-12,18H,1-4H3/t11-,12?/m1/s1. The molecule has 1 nitrogen and oxygen atoms in total. The average Bonchev–Trinajstić information content (AvgIpc) is 2.68. The molecule has 0 bridgehead atoms. The molecule has 1 N–H and O–H groups in total. The van der Waals surface area contributed by atoms with E-state index in [1.165, 1.54) is 20.9 Å². The quantitative estimate of drug-likeness (QED) is 0.792. The fraction of sp³-hybridized carbons (Fsp3) is 0.375. The lowest BCUT2D eigenvalue weighted by Gasteiger charge is -2.20. The molecule has 0 spiro atoms. The van der Waals surface area contributed by atoms with Crippen molar-refractivity contribution >= 4 is 22.9 Å². The Kier molecular flexibility index (Phi) is 4.67. The van der Waals surface area contributed by atoms with Crippen molar-refractivity contribution in [3.8, 4) is 0 Å². The molecule has 19 heavy (non-hydrogen) atoms. The summed E-state index contributed by atoms with van der Waals surface area (Å²) in [7, 11) is 0. The number of nitrogens with one attached hydrogen (secondary N) is 1. The monoisotopic (exact) mass is 293 g/mol. The Morgan fingerprint density at radius 2 is 1.84 bits per heavy atom. The summed E-state index contributed by atoms with van der Waals surface area (Å²) in [6.07, 6.45) is 0. The Balaban J connectivity index is 2.10. The van der Waals surface area contributed by atoms with Gasteiger partial charge in [-0.3, -0.25) is 0 Å². The van der Waals surface area contributed by atoms with Crippen molar-refractivity contribution in [1.29, 1.82) is 0 Å². The van der Waals surface area contributed by atoms with Crippen LogP contribution in [0.1, 0.15) is 46.8 Å². The summed E-state index contributed by atoms with van der Waals surface area (Å²) in [6.45, 7) is 8.75. The van der Waals surface area contributed by atoms with Crippen molar-refractivity contribution < 1.29 is 0 Å². The third kappa shape index (κ3) is 3.59. The molecule has 102 valence electrons. The second-order valence-corrected chi connectivity index (χ2v) is 6.93. The van der Waals surface area contributed by atoms with E-state index in [2.05, 4.69) is 45.1 Å². The molecule has 1 aromatic heterocycles. The zero-order valence-corrected chi connectivity index (χ0v) is 13.4. The van der Waals surface area contributed by atoms with E-state index in [0.717, 1.165) is 5.02 Å². The Bertz CT molecular complexity index is 562. The van der Waals surface area contributed by atoms with E-state index in [1.807, 2.05) is 29.5 Å². The first-order chi connectivity index (χ1) is 8.97. The van der Waals surface area contributed by atoms with E-state index in [0.29, 0.717) is 6.04 Å². The van der Waals surface area contributed by atoms with Gasteiger partial charge in [-0.1, -0.05) is 23.7 Å². The summed E-state index contributed by atoms with van der Waals surface area (Å²) < 4.78 is 0. The van der Waals surface area contributed by atoms with Gasteiger partial charge in [0, 0.05) is 26.9 Å². The van der Waals surface area contributed by atoms with Gasteiger partial charge in [-0.15, -0.1) is 11.3 Å². The van der Waals surface area contributed by atoms with Gasteiger partial charge in [0.25, 0.3) is 0 Å². The highest BCUT2D eigenvalue weighted by Gasteiger charge is 2.14. The predicted octanol–water partition coefficient (Wildman–Crippen LogP) is 5.43. The number of aryl methyl sites for hydroxylation is 2. The van der Waals surface area contributed by atoms with Crippen LogP contribution in [0.2, 0.25) is 5.02 Å². The molecular formula is C16H20ClNS. The van der Waals surface area contributed by atoms with Gasteiger partial charge in [0.15, 0.2) is 0 Å². The molecule has 2 atom stereocenters. The van der Waals surface area contributed by atoms with Crippen LogP contribution in [-0.2, 0) is 0 Å². The van der Waals surface area contributed by atoms with Gasteiger partial charge in [-0.05, 0) is 57.0 Å². The molecular weight excluding hydrogens is 274 g/mol. The summed E-state index contributed by atoms with van der Waals surface area (Å²) in [5.74, 6) is 0. The molecule has 0 radical (unpaired) electrons. The van der Waals surface area contributed by atoms with Crippen molar-refractivity contribution in [2.45, 2.75) is 39.8 Å². The van der Waals surface area contributed by atoms with E-state index in [-0.39, 0.29) is 6.04 Å². The van der Waals surface area contributed by atoms with Gasteiger partial charge >= 0.3 is 0 Å². The van der Waals surface area contributed by atoms with Crippen molar-refractivity contribution in [1.82, 2.24) is 5.32 Å². The molecule has 2 rings (SSSR count). The third-order valence-electron chi connectivity index (χ3n) is 3.39. The van der Waals surface area contributed by atoms with E-state index in [9.17, 15) is 0 Å². The van der Waals surface area contributed by atoms with E-state index >= 15 is 0 Å². The fourth-order valence-corrected chi connectivity index (χ4v) is 3.64. The Labute approximate surface area is 124 Å². The second-order valence-electron chi connectivity index (χ2n) is 5.03. The van der Waals surface area contributed by atoms with Crippen LogP contribution in [0.5, 0.6) is 0 Å². The van der Waals surface area contributed by atoms with Crippen LogP contribution >= 0.6 is 22.9 Å². The van der Waals surface area contributed by atoms with Gasteiger partial charge in [0.05, 0.1) is 0 Å². The Hall–Kier alpha value is -0.830. The minimum Gasteiger partial charge on any atom is -0.304 e. The highest BCUT2D eigenvalue weighted by Crippen LogP contribution is 2.28. The molecule has 0 aliphatic heterocycles.